The van der Waals surface area contributed by atoms with E-state index in [9.17, 15) is 0 Å². The molecule has 0 radical (unpaired) electrons. The van der Waals surface area contributed by atoms with Crippen LogP contribution < -0.4 is 16.0 Å². The van der Waals surface area contributed by atoms with Gasteiger partial charge in [-0.15, -0.1) is 0 Å². The van der Waals surface area contributed by atoms with Crippen molar-refractivity contribution >= 4 is 15.9 Å². The fraction of sp³-hybridized carbons (Fsp3) is 0.250. The molecule has 0 saturated carbocycles. The summed E-state index contributed by atoms with van der Waals surface area (Å²) in [5.41, 5.74) is 6.52. The van der Waals surface area contributed by atoms with Crippen molar-refractivity contribution in [3.05, 3.63) is 63.6 Å². The molecule has 0 aliphatic heterocycles. The molecule has 3 N–H and O–H groups in total. The summed E-state index contributed by atoms with van der Waals surface area (Å²) >= 11 is 3.48. The van der Waals surface area contributed by atoms with Gasteiger partial charge in [0.1, 0.15) is 5.75 Å². The third-order valence-corrected chi connectivity index (χ3v) is 3.88. The maximum absolute atomic E-state index is 5.74. The Labute approximate surface area is 128 Å². The molecule has 0 heterocycles. The Morgan fingerprint density at radius 3 is 2.70 bits per heavy atom. The van der Waals surface area contributed by atoms with Gasteiger partial charge in [-0.05, 0) is 54.3 Å². The van der Waals surface area contributed by atoms with Crippen LogP contribution >= 0.6 is 15.9 Å². The molecule has 0 aromatic heterocycles. The van der Waals surface area contributed by atoms with Gasteiger partial charge in [0.2, 0.25) is 0 Å². The number of ether oxygens (including phenoxy) is 1. The summed E-state index contributed by atoms with van der Waals surface area (Å²) in [7, 11) is 1.68. The van der Waals surface area contributed by atoms with Gasteiger partial charge in [-0.1, -0.05) is 34.1 Å². The van der Waals surface area contributed by atoms with Crippen molar-refractivity contribution in [2.24, 2.45) is 5.84 Å². The zero-order valence-corrected chi connectivity index (χ0v) is 13.3. The standard InChI is InChI=1S/C16H19BrN2O/c1-11-8-13(17)6-7-15(11)16(19-18)10-12-4-3-5-14(9-12)20-2/h3-9,16,19H,10,18H2,1-2H3. The van der Waals surface area contributed by atoms with Gasteiger partial charge in [0, 0.05) is 4.47 Å². The molecule has 0 spiro atoms. The monoisotopic (exact) mass is 334 g/mol. The largest absolute Gasteiger partial charge is 0.497 e. The number of methoxy groups -OCH3 is 1. The number of hydrogen-bond donors (Lipinski definition) is 2. The highest BCUT2D eigenvalue weighted by molar-refractivity contribution is 9.10. The Bertz CT molecular complexity index is 586. The van der Waals surface area contributed by atoms with Crippen LogP contribution in [0.4, 0.5) is 0 Å². The van der Waals surface area contributed by atoms with Crippen molar-refractivity contribution in [3.8, 4) is 5.75 Å². The molecule has 106 valence electrons. The van der Waals surface area contributed by atoms with E-state index in [0.717, 1.165) is 16.6 Å². The second-order valence-electron chi connectivity index (χ2n) is 4.78. The third-order valence-electron chi connectivity index (χ3n) is 3.38. The Morgan fingerprint density at radius 1 is 1.25 bits per heavy atom. The summed E-state index contributed by atoms with van der Waals surface area (Å²) in [5, 5.41) is 0. The first-order valence-electron chi connectivity index (χ1n) is 6.49. The Morgan fingerprint density at radius 2 is 2.05 bits per heavy atom. The van der Waals surface area contributed by atoms with E-state index in [0.29, 0.717) is 0 Å². The van der Waals surface area contributed by atoms with Gasteiger partial charge >= 0.3 is 0 Å². The van der Waals surface area contributed by atoms with E-state index < -0.39 is 0 Å². The number of halogens is 1. The van der Waals surface area contributed by atoms with E-state index in [1.165, 1.54) is 16.7 Å². The summed E-state index contributed by atoms with van der Waals surface area (Å²) in [6.45, 7) is 2.09. The fourth-order valence-corrected chi connectivity index (χ4v) is 2.80. The molecule has 2 aromatic carbocycles. The third kappa shape index (κ3) is 3.60. The summed E-state index contributed by atoms with van der Waals surface area (Å²) in [6, 6.07) is 14.4. The van der Waals surface area contributed by atoms with Gasteiger partial charge in [0.25, 0.3) is 0 Å². The Hall–Kier alpha value is -1.36. The number of hydrazine groups is 1. The Kier molecular flexibility index (Phi) is 5.17. The zero-order chi connectivity index (χ0) is 14.5. The number of benzene rings is 2. The minimum atomic E-state index is 0.0789. The molecule has 0 fully saturated rings. The minimum Gasteiger partial charge on any atom is -0.497 e. The highest BCUT2D eigenvalue weighted by Crippen LogP contribution is 2.25. The minimum absolute atomic E-state index is 0.0789. The molecule has 4 heteroatoms. The summed E-state index contributed by atoms with van der Waals surface area (Å²) in [5.74, 6) is 6.60. The van der Waals surface area contributed by atoms with Crippen LogP contribution in [0.1, 0.15) is 22.7 Å². The lowest BCUT2D eigenvalue weighted by atomic mass is 9.96. The molecule has 0 saturated heterocycles. The van der Waals surface area contributed by atoms with E-state index in [2.05, 4.69) is 46.5 Å². The van der Waals surface area contributed by atoms with Gasteiger partial charge in [-0.3, -0.25) is 11.3 Å². The van der Waals surface area contributed by atoms with Gasteiger partial charge in [-0.25, -0.2) is 0 Å². The number of aryl methyl sites for hydroxylation is 1. The predicted molar refractivity (Wildman–Crippen MR) is 85.6 cm³/mol. The molecular formula is C16H19BrN2O. The number of nitrogens with one attached hydrogen (secondary N) is 1. The first kappa shape index (κ1) is 15.0. The number of nitrogens with two attached hydrogens (primary N) is 1. The van der Waals surface area contributed by atoms with E-state index in [4.69, 9.17) is 10.6 Å². The molecular weight excluding hydrogens is 316 g/mol. The summed E-state index contributed by atoms with van der Waals surface area (Å²) in [4.78, 5) is 0. The number of hydrogen-bond acceptors (Lipinski definition) is 3. The van der Waals surface area contributed by atoms with Crippen LogP contribution in [0.25, 0.3) is 0 Å². The first-order valence-corrected chi connectivity index (χ1v) is 7.28. The average Bonchev–Trinajstić information content (AvgIpc) is 2.45. The van der Waals surface area contributed by atoms with Crippen molar-refractivity contribution in [1.29, 1.82) is 0 Å². The van der Waals surface area contributed by atoms with Crippen LogP contribution in [0.3, 0.4) is 0 Å². The lowest BCUT2D eigenvalue weighted by Gasteiger charge is -2.19. The molecule has 2 aromatic rings. The van der Waals surface area contributed by atoms with Gasteiger partial charge in [0.15, 0.2) is 0 Å². The lowest BCUT2D eigenvalue weighted by Crippen LogP contribution is -2.30. The highest BCUT2D eigenvalue weighted by atomic mass is 79.9. The van der Waals surface area contributed by atoms with E-state index in [1.54, 1.807) is 7.11 Å². The van der Waals surface area contributed by atoms with Crippen LogP contribution in [0.2, 0.25) is 0 Å². The molecule has 3 nitrogen and oxygen atoms in total. The second-order valence-corrected chi connectivity index (χ2v) is 5.69. The van der Waals surface area contributed by atoms with Crippen molar-refractivity contribution < 1.29 is 4.74 Å². The fourth-order valence-electron chi connectivity index (χ4n) is 2.32. The molecule has 0 bridgehead atoms. The quantitative estimate of drug-likeness (QED) is 0.649. The van der Waals surface area contributed by atoms with Gasteiger partial charge in [0.05, 0.1) is 13.2 Å². The molecule has 0 aliphatic carbocycles. The van der Waals surface area contributed by atoms with Crippen molar-refractivity contribution in [3.63, 3.8) is 0 Å². The molecule has 2 rings (SSSR count). The average molecular weight is 335 g/mol. The van der Waals surface area contributed by atoms with Gasteiger partial charge < -0.3 is 4.74 Å². The molecule has 0 aliphatic rings. The first-order chi connectivity index (χ1) is 9.63. The summed E-state index contributed by atoms with van der Waals surface area (Å²) < 4.78 is 6.34. The lowest BCUT2D eigenvalue weighted by molar-refractivity contribution is 0.414. The van der Waals surface area contributed by atoms with Crippen LogP contribution in [-0.4, -0.2) is 7.11 Å². The van der Waals surface area contributed by atoms with E-state index in [-0.39, 0.29) is 6.04 Å². The maximum Gasteiger partial charge on any atom is 0.119 e. The van der Waals surface area contributed by atoms with Crippen LogP contribution in [0.5, 0.6) is 5.75 Å². The van der Waals surface area contributed by atoms with Crippen LogP contribution in [-0.2, 0) is 6.42 Å². The maximum atomic E-state index is 5.74. The predicted octanol–water partition coefficient (Wildman–Crippen LogP) is 3.51. The molecule has 1 unspecified atom stereocenters. The zero-order valence-electron chi connectivity index (χ0n) is 11.7. The van der Waals surface area contributed by atoms with E-state index in [1.807, 2.05) is 24.3 Å². The van der Waals surface area contributed by atoms with Crippen molar-refractivity contribution in [2.45, 2.75) is 19.4 Å². The van der Waals surface area contributed by atoms with Crippen LogP contribution in [0.15, 0.2) is 46.9 Å². The number of rotatable bonds is 5. The van der Waals surface area contributed by atoms with Crippen LogP contribution in [0, 0.1) is 6.92 Å². The molecule has 1 atom stereocenters. The van der Waals surface area contributed by atoms with Crippen molar-refractivity contribution in [1.82, 2.24) is 5.43 Å². The topological polar surface area (TPSA) is 47.3 Å². The summed E-state index contributed by atoms with van der Waals surface area (Å²) in [6.07, 6.45) is 0.816. The smallest absolute Gasteiger partial charge is 0.119 e. The second kappa shape index (κ2) is 6.88. The Balaban J connectivity index is 2.23. The SMILES string of the molecule is COc1cccc(CC(NN)c2ccc(Br)cc2C)c1. The molecule has 20 heavy (non-hydrogen) atoms. The highest BCUT2D eigenvalue weighted by Gasteiger charge is 2.13. The van der Waals surface area contributed by atoms with Crippen molar-refractivity contribution in [2.75, 3.05) is 7.11 Å². The van der Waals surface area contributed by atoms with Gasteiger partial charge in [-0.2, -0.15) is 0 Å². The normalized spacial score (nSPS) is 12.2. The molecule has 0 amide bonds. The van der Waals surface area contributed by atoms with E-state index >= 15 is 0 Å².